The molecule has 1 aromatic carbocycles. The monoisotopic (exact) mass is 373 g/mol. The molecule has 1 heterocycles. The fourth-order valence-electron chi connectivity index (χ4n) is 2.43. The van der Waals surface area contributed by atoms with Crippen LogP contribution in [0.3, 0.4) is 0 Å². The number of aromatic nitrogens is 2. The molecule has 0 aliphatic rings. The number of rotatable bonds is 7. The van der Waals surface area contributed by atoms with E-state index >= 15 is 0 Å². The standard InChI is InChI=1S/C16H21ClFN3O2S/c1-12-9-13(2)21(19-12)8-4-7-20(3)24(22,23)11-14-5-6-15(17)10-16(14)18/h5-6,9-10H,4,7-8,11H2,1-3H3. The Morgan fingerprint density at radius 2 is 2.00 bits per heavy atom. The van der Waals surface area contributed by atoms with Crippen molar-refractivity contribution >= 4 is 21.6 Å². The van der Waals surface area contributed by atoms with Crippen LogP contribution in [0, 0.1) is 19.7 Å². The first-order valence-corrected chi connectivity index (χ1v) is 9.57. The van der Waals surface area contributed by atoms with E-state index in [2.05, 4.69) is 5.10 Å². The van der Waals surface area contributed by atoms with Gasteiger partial charge in [-0.15, -0.1) is 0 Å². The van der Waals surface area contributed by atoms with Crippen molar-refractivity contribution < 1.29 is 12.8 Å². The normalized spacial score (nSPS) is 12.1. The van der Waals surface area contributed by atoms with E-state index in [1.165, 1.54) is 23.5 Å². The third kappa shape index (κ3) is 4.78. The van der Waals surface area contributed by atoms with Crippen LogP contribution in [0.4, 0.5) is 4.39 Å². The highest BCUT2D eigenvalue weighted by Gasteiger charge is 2.20. The number of hydrogen-bond acceptors (Lipinski definition) is 3. The van der Waals surface area contributed by atoms with Gasteiger partial charge in [0.2, 0.25) is 10.0 Å². The molecule has 132 valence electrons. The fraction of sp³-hybridized carbons (Fsp3) is 0.438. The van der Waals surface area contributed by atoms with Crippen LogP contribution in [0.25, 0.3) is 0 Å². The third-order valence-corrected chi connectivity index (χ3v) is 5.82. The SMILES string of the molecule is Cc1cc(C)n(CCCN(C)S(=O)(=O)Cc2ccc(Cl)cc2F)n1. The Morgan fingerprint density at radius 1 is 1.29 bits per heavy atom. The predicted octanol–water partition coefficient (Wildman–Crippen LogP) is 3.14. The van der Waals surface area contributed by atoms with Crippen molar-refractivity contribution in [2.24, 2.45) is 0 Å². The lowest BCUT2D eigenvalue weighted by molar-refractivity contribution is 0.434. The summed E-state index contributed by atoms with van der Waals surface area (Å²) in [6, 6.07) is 5.98. The Labute approximate surface area is 147 Å². The zero-order valence-corrected chi connectivity index (χ0v) is 15.5. The van der Waals surface area contributed by atoms with Gasteiger partial charge in [0.1, 0.15) is 5.82 Å². The van der Waals surface area contributed by atoms with Crippen LogP contribution >= 0.6 is 11.6 Å². The van der Waals surface area contributed by atoms with Gasteiger partial charge in [0.15, 0.2) is 0 Å². The van der Waals surface area contributed by atoms with Gasteiger partial charge in [-0.3, -0.25) is 4.68 Å². The second-order valence-corrected chi connectivity index (χ2v) is 8.33. The average molecular weight is 374 g/mol. The average Bonchev–Trinajstić information content (AvgIpc) is 2.80. The number of benzene rings is 1. The summed E-state index contributed by atoms with van der Waals surface area (Å²) in [5, 5.41) is 4.59. The van der Waals surface area contributed by atoms with Crippen LogP contribution in [0.5, 0.6) is 0 Å². The first kappa shape index (κ1) is 18.9. The Morgan fingerprint density at radius 3 is 2.58 bits per heavy atom. The predicted molar refractivity (Wildman–Crippen MR) is 93.0 cm³/mol. The molecule has 1 aromatic heterocycles. The summed E-state index contributed by atoms with van der Waals surface area (Å²) < 4.78 is 41.6. The van der Waals surface area contributed by atoms with Crippen molar-refractivity contribution in [2.45, 2.75) is 32.6 Å². The summed E-state index contributed by atoms with van der Waals surface area (Å²) in [7, 11) is -2.08. The summed E-state index contributed by atoms with van der Waals surface area (Å²) in [5.74, 6) is -0.992. The molecule has 0 aliphatic heterocycles. The summed E-state index contributed by atoms with van der Waals surface area (Å²) in [5.41, 5.74) is 2.10. The second kappa shape index (κ2) is 7.63. The van der Waals surface area contributed by atoms with Gasteiger partial charge in [-0.25, -0.2) is 17.1 Å². The molecule has 8 heteroatoms. The minimum absolute atomic E-state index is 0.116. The van der Waals surface area contributed by atoms with Gasteiger partial charge in [0.25, 0.3) is 0 Å². The van der Waals surface area contributed by atoms with E-state index in [1.54, 1.807) is 0 Å². The van der Waals surface area contributed by atoms with Gasteiger partial charge < -0.3 is 0 Å². The maximum absolute atomic E-state index is 13.8. The number of hydrogen-bond donors (Lipinski definition) is 0. The highest BCUT2D eigenvalue weighted by Crippen LogP contribution is 2.18. The lowest BCUT2D eigenvalue weighted by Crippen LogP contribution is -2.30. The van der Waals surface area contributed by atoms with E-state index < -0.39 is 15.8 Å². The third-order valence-electron chi connectivity index (χ3n) is 3.77. The maximum atomic E-state index is 13.8. The zero-order valence-electron chi connectivity index (χ0n) is 14.0. The summed E-state index contributed by atoms with van der Waals surface area (Å²) in [6.45, 7) is 4.86. The highest BCUT2D eigenvalue weighted by molar-refractivity contribution is 7.88. The van der Waals surface area contributed by atoms with Gasteiger partial charge in [-0.05, 0) is 38.5 Å². The number of sulfonamides is 1. The molecule has 0 saturated heterocycles. The molecule has 2 aromatic rings. The van der Waals surface area contributed by atoms with Gasteiger partial charge in [-0.2, -0.15) is 5.10 Å². The van der Waals surface area contributed by atoms with Crippen molar-refractivity contribution in [3.8, 4) is 0 Å². The van der Waals surface area contributed by atoms with E-state index in [1.807, 2.05) is 24.6 Å². The number of halogens is 2. The van der Waals surface area contributed by atoms with E-state index in [4.69, 9.17) is 11.6 Å². The topological polar surface area (TPSA) is 55.2 Å². The number of aryl methyl sites for hydroxylation is 3. The smallest absolute Gasteiger partial charge is 0.218 e. The first-order chi connectivity index (χ1) is 11.2. The van der Waals surface area contributed by atoms with Gasteiger partial charge >= 0.3 is 0 Å². The number of nitrogens with zero attached hydrogens (tertiary/aromatic N) is 3. The minimum Gasteiger partial charge on any atom is -0.270 e. The summed E-state index contributed by atoms with van der Waals surface area (Å²) in [6.07, 6.45) is 0.626. The molecule has 2 rings (SSSR count). The van der Waals surface area contributed by atoms with Crippen LogP contribution in [0.1, 0.15) is 23.4 Å². The molecule has 0 unspecified atom stereocenters. The molecule has 0 aliphatic carbocycles. The van der Waals surface area contributed by atoms with Crippen LogP contribution in [0.2, 0.25) is 5.02 Å². The molecule has 0 amide bonds. The second-order valence-electron chi connectivity index (χ2n) is 5.82. The molecule has 0 atom stereocenters. The van der Waals surface area contributed by atoms with Crippen molar-refractivity contribution in [3.05, 3.63) is 52.1 Å². The Balaban J connectivity index is 1.95. The van der Waals surface area contributed by atoms with Crippen molar-refractivity contribution in [3.63, 3.8) is 0 Å². The maximum Gasteiger partial charge on any atom is 0.218 e. The molecule has 0 fully saturated rings. The van der Waals surface area contributed by atoms with E-state index in [9.17, 15) is 12.8 Å². The van der Waals surface area contributed by atoms with Gasteiger partial charge in [0, 0.05) is 36.4 Å². The van der Waals surface area contributed by atoms with Gasteiger partial charge in [-0.1, -0.05) is 17.7 Å². The molecule has 0 spiro atoms. The van der Waals surface area contributed by atoms with Crippen LogP contribution in [-0.4, -0.2) is 36.1 Å². The molecule has 0 bridgehead atoms. The molecule has 0 N–H and O–H groups in total. The van der Waals surface area contributed by atoms with Crippen molar-refractivity contribution in [2.75, 3.05) is 13.6 Å². The van der Waals surface area contributed by atoms with E-state index in [-0.39, 0.29) is 16.3 Å². The van der Waals surface area contributed by atoms with Crippen LogP contribution < -0.4 is 0 Å². The molecule has 0 saturated carbocycles. The molecule has 5 nitrogen and oxygen atoms in total. The highest BCUT2D eigenvalue weighted by atomic mass is 35.5. The fourth-order valence-corrected chi connectivity index (χ4v) is 3.84. The quantitative estimate of drug-likeness (QED) is 0.749. The molecular weight excluding hydrogens is 353 g/mol. The largest absolute Gasteiger partial charge is 0.270 e. The Hall–Kier alpha value is -1.44. The molecule has 0 radical (unpaired) electrons. The zero-order chi connectivity index (χ0) is 17.9. The van der Waals surface area contributed by atoms with E-state index in [0.29, 0.717) is 19.5 Å². The summed E-state index contributed by atoms with van der Waals surface area (Å²) >= 11 is 5.68. The van der Waals surface area contributed by atoms with Gasteiger partial charge in [0.05, 0.1) is 11.4 Å². The summed E-state index contributed by atoms with van der Waals surface area (Å²) in [4.78, 5) is 0. The Bertz CT molecular complexity index is 821. The first-order valence-electron chi connectivity index (χ1n) is 7.58. The molecule has 24 heavy (non-hydrogen) atoms. The van der Waals surface area contributed by atoms with E-state index in [0.717, 1.165) is 17.5 Å². The van der Waals surface area contributed by atoms with Crippen molar-refractivity contribution in [1.82, 2.24) is 14.1 Å². The van der Waals surface area contributed by atoms with Crippen LogP contribution in [0.15, 0.2) is 24.3 Å². The molecular formula is C16H21ClFN3O2S. The lowest BCUT2D eigenvalue weighted by atomic mass is 10.2. The minimum atomic E-state index is -3.59. The van der Waals surface area contributed by atoms with Crippen molar-refractivity contribution in [1.29, 1.82) is 0 Å². The Kier molecular flexibility index (Phi) is 6.01. The lowest BCUT2D eigenvalue weighted by Gasteiger charge is -2.17. The van der Waals surface area contributed by atoms with Crippen LogP contribution in [-0.2, 0) is 22.3 Å².